The Morgan fingerprint density at radius 2 is 1.88 bits per heavy atom. The van der Waals surface area contributed by atoms with Gasteiger partial charge in [0.2, 0.25) is 5.95 Å². The van der Waals surface area contributed by atoms with Crippen molar-refractivity contribution < 1.29 is 18.3 Å². The lowest BCUT2D eigenvalue weighted by atomic mass is 9.86. The largest absolute Gasteiger partial charge is 0.460 e. The molecule has 0 amide bonds. The van der Waals surface area contributed by atoms with Crippen LogP contribution in [0, 0.1) is 18.7 Å². The molecule has 0 aliphatic rings. The van der Waals surface area contributed by atoms with Gasteiger partial charge in [-0.15, -0.1) is 0 Å². The van der Waals surface area contributed by atoms with Gasteiger partial charge in [-0.25, -0.2) is 9.37 Å². The lowest BCUT2D eigenvalue weighted by Gasteiger charge is -2.23. The van der Waals surface area contributed by atoms with Gasteiger partial charge in [0.05, 0.1) is 6.42 Å². The highest BCUT2D eigenvalue weighted by Gasteiger charge is 2.24. The second-order valence-electron chi connectivity index (χ2n) is 7.73. The molecule has 0 fully saturated rings. The number of carbonyl (C=O) groups is 1. The van der Waals surface area contributed by atoms with E-state index in [1.165, 1.54) is 12.3 Å². The number of aryl methyl sites for hydroxylation is 1. The Labute approximate surface area is 153 Å². The summed E-state index contributed by atoms with van der Waals surface area (Å²) in [6.45, 7) is 10.7. The summed E-state index contributed by atoms with van der Waals surface area (Å²) >= 11 is 0. The fourth-order valence-corrected chi connectivity index (χ4v) is 3.00. The molecule has 2 aromatic rings. The van der Waals surface area contributed by atoms with Crippen molar-refractivity contribution in [3.63, 3.8) is 0 Å². The van der Waals surface area contributed by atoms with Crippen LogP contribution in [-0.4, -0.2) is 16.6 Å². The molecule has 0 saturated carbocycles. The van der Waals surface area contributed by atoms with Crippen LogP contribution in [0.3, 0.4) is 0 Å². The zero-order chi connectivity index (χ0) is 19.6. The van der Waals surface area contributed by atoms with Crippen LogP contribution in [-0.2, 0) is 16.0 Å². The number of hydrogen-bond acceptors (Lipinski definition) is 3. The topological polar surface area (TPSA) is 39.2 Å². The maximum Gasteiger partial charge on any atom is 0.310 e. The maximum absolute atomic E-state index is 14.8. The van der Waals surface area contributed by atoms with Crippen molar-refractivity contribution in [2.75, 3.05) is 0 Å². The van der Waals surface area contributed by atoms with Gasteiger partial charge in [-0.1, -0.05) is 13.8 Å². The molecule has 0 spiro atoms. The number of halogens is 2. The molecule has 140 valence electrons. The molecule has 0 saturated heterocycles. The molecule has 0 aliphatic heterocycles. The van der Waals surface area contributed by atoms with E-state index in [2.05, 4.69) is 4.98 Å². The molecule has 1 heterocycles. The van der Waals surface area contributed by atoms with Crippen LogP contribution in [0.25, 0.3) is 11.1 Å². The molecule has 2 rings (SSSR count). The lowest BCUT2D eigenvalue weighted by molar-refractivity contribution is -0.153. The number of hydrogen-bond donors (Lipinski definition) is 0. The Balaban J connectivity index is 2.65. The van der Waals surface area contributed by atoms with Gasteiger partial charge < -0.3 is 4.74 Å². The number of ether oxygens (including phenoxy) is 1. The molecule has 3 nitrogen and oxygen atoms in total. The van der Waals surface area contributed by atoms with Gasteiger partial charge in [-0.05, 0) is 73.6 Å². The molecular weight excluding hydrogens is 336 g/mol. The predicted octanol–water partition coefficient (Wildman–Crippen LogP) is 5.34. The van der Waals surface area contributed by atoms with E-state index in [1.807, 2.05) is 13.8 Å². The van der Waals surface area contributed by atoms with E-state index < -0.39 is 17.5 Å². The summed E-state index contributed by atoms with van der Waals surface area (Å²) in [5.41, 5.74) is 1.99. The van der Waals surface area contributed by atoms with E-state index in [1.54, 1.807) is 39.8 Å². The van der Waals surface area contributed by atoms with Crippen molar-refractivity contribution in [1.82, 2.24) is 4.98 Å². The van der Waals surface area contributed by atoms with Gasteiger partial charge >= 0.3 is 5.97 Å². The molecule has 0 radical (unpaired) electrons. The number of pyridine rings is 1. The fourth-order valence-electron chi connectivity index (χ4n) is 3.00. The monoisotopic (exact) mass is 361 g/mol. The molecular formula is C21H25F2NO2. The predicted molar refractivity (Wildman–Crippen MR) is 98.0 cm³/mol. The standard InChI is InChI=1S/C21H25F2NO2/c1-12(2)19-16(11-18(25)26-21(4,5)6)15(9-13(3)20(19)23)14-7-8-24-17(22)10-14/h7-10,12H,11H2,1-6H3. The summed E-state index contributed by atoms with van der Waals surface area (Å²) in [7, 11) is 0. The first-order chi connectivity index (χ1) is 12.0. The fraction of sp³-hybridized carbons (Fsp3) is 0.429. The molecule has 1 aromatic heterocycles. The number of rotatable bonds is 4. The van der Waals surface area contributed by atoms with Gasteiger partial charge in [0, 0.05) is 12.3 Å². The third-order valence-corrected chi connectivity index (χ3v) is 3.95. The first-order valence-corrected chi connectivity index (χ1v) is 8.65. The first-order valence-electron chi connectivity index (χ1n) is 8.65. The minimum absolute atomic E-state index is 0.0821. The number of aromatic nitrogens is 1. The van der Waals surface area contributed by atoms with Crippen LogP contribution in [0.15, 0.2) is 24.4 Å². The summed E-state index contributed by atoms with van der Waals surface area (Å²) in [6.07, 6.45) is 1.27. The number of carbonyl (C=O) groups excluding carboxylic acids is 1. The summed E-state index contributed by atoms with van der Waals surface area (Å²) in [4.78, 5) is 16.0. The summed E-state index contributed by atoms with van der Waals surface area (Å²) in [6, 6.07) is 4.59. The molecule has 26 heavy (non-hydrogen) atoms. The van der Waals surface area contributed by atoms with Gasteiger partial charge in [-0.3, -0.25) is 4.79 Å². The second kappa shape index (κ2) is 7.52. The molecule has 0 aliphatic carbocycles. The van der Waals surface area contributed by atoms with Gasteiger partial charge in [0.15, 0.2) is 0 Å². The summed E-state index contributed by atoms with van der Waals surface area (Å²) in [5.74, 6) is -1.55. The minimum Gasteiger partial charge on any atom is -0.460 e. The van der Waals surface area contributed by atoms with Crippen LogP contribution in [0.2, 0.25) is 0 Å². The van der Waals surface area contributed by atoms with E-state index in [0.717, 1.165) is 0 Å². The highest BCUT2D eigenvalue weighted by molar-refractivity contribution is 5.80. The molecule has 5 heteroatoms. The lowest BCUT2D eigenvalue weighted by Crippen LogP contribution is -2.25. The zero-order valence-electron chi connectivity index (χ0n) is 16.1. The molecule has 1 aromatic carbocycles. The maximum atomic E-state index is 14.8. The smallest absolute Gasteiger partial charge is 0.310 e. The van der Waals surface area contributed by atoms with Crippen LogP contribution in [0.5, 0.6) is 0 Å². The van der Waals surface area contributed by atoms with Crippen molar-refractivity contribution in [3.05, 3.63) is 52.9 Å². The Morgan fingerprint density at radius 1 is 1.23 bits per heavy atom. The van der Waals surface area contributed by atoms with E-state index in [-0.39, 0.29) is 18.2 Å². The Hall–Kier alpha value is -2.30. The van der Waals surface area contributed by atoms with Gasteiger partial charge in [0.25, 0.3) is 0 Å². The number of nitrogens with zero attached hydrogens (tertiary/aromatic N) is 1. The SMILES string of the molecule is Cc1cc(-c2ccnc(F)c2)c(CC(=O)OC(C)(C)C)c(C(C)C)c1F. The number of benzene rings is 1. The van der Waals surface area contributed by atoms with Gasteiger partial charge in [0.1, 0.15) is 11.4 Å². The average molecular weight is 361 g/mol. The Morgan fingerprint density at radius 3 is 2.42 bits per heavy atom. The van der Waals surface area contributed by atoms with Crippen LogP contribution in [0.4, 0.5) is 8.78 Å². The third kappa shape index (κ3) is 4.65. The second-order valence-corrected chi connectivity index (χ2v) is 7.73. The normalized spacial score (nSPS) is 11.7. The van der Waals surface area contributed by atoms with Crippen molar-refractivity contribution in [3.8, 4) is 11.1 Å². The highest BCUT2D eigenvalue weighted by Crippen LogP contribution is 2.35. The Bertz CT molecular complexity index is 823. The Kier molecular flexibility index (Phi) is 5.79. The first kappa shape index (κ1) is 20.0. The quantitative estimate of drug-likeness (QED) is 0.545. The molecule has 0 unspecified atom stereocenters. The molecule has 0 bridgehead atoms. The van der Waals surface area contributed by atoms with Crippen molar-refractivity contribution >= 4 is 5.97 Å². The van der Waals surface area contributed by atoms with E-state index in [9.17, 15) is 13.6 Å². The van der Waals surface area contributed by atoms with Crippen LogP contribution >= 0.6 is 0 Å². The van der Waals surface area contributed by atoms with Crippen LogP contribution in [0.1, 0.15) is 57.2 Å². The van der Waals surface area contributed by atoms with Crippen molar-refractivity contribution in [2.24, 2.45) is 0 Å². The summed E-state index contributed by atoms with van der Waals surface area (Å²) < 4.78 is 33.9. The van der Waals surface area contributed by atoms with Gasteiger partial charge in [-0.2, -0.15) is 4.39 Å². The average Bonchev–Trinajstić information content (AvgIpc) is 2.48. The van der Waals surface area contributed by atoms with Crippen molar-refractivity contribution in [2.45, 2.75) is 59.5 Å². The van der Waals surface area contributed by atoms with E-state index in [4.69, 9.17) is 4.74 Å². The van der Waals surface area contributed by atoms with Crippen LogP contribution < -0.4 is 0 Å². The minimum atomic E-state index is -0.638. The third-order valence-electron chi connectivity index (χ3n) is 3.95. The zero-order valence-corrected chi connectivity index (χ0v) is 16.1. The van der Waals surface area contributed by atoms with E-state index in [0.29, 0.717) is 27.8 Å². The highest BCUT2D eigenvalue weighted by atomic mass is 19.1. The van der Waals surface area contributed by atoms with E-state index >= 15 is 0 Å². The van der Waals surface area contributed by atoms with Crippen molar-refractivity contribution in [1.29, 1.82) is 0 Å². The molecule has 0 atom stereocenters. The summed E-state index contributed by atoms with van der Waals surface area (Å²) in [5, 5.41) is 0. The number of esters is 1. The molecule has 0 N–H and O–H groups in total.